The number of rotatable bonds is 7. The number of anilines is 1. The highest BCUT2D eigenvalue weighted by Crippen LogP contribution is 2.17. The van der Waals surface area contributed by atoms with E-state index in [1.807, 2.05) is 31.2 Å². The second-order valence-corrected chi connectivity index (χ2v) is 5.20. The highest BCUT2D eigenvalue weighted by molar-refractivity contribution is 9.10. The number of ether oxygens (including phenoxy) is 1. The van der Waals surface area contributed by atoms with Crippen LogP contribution in [0.5, 0.6) is 5.75 Å². The molecule has 0 aliphatic carbocycles. The van der Waals surface area contributed by atoms with Gasteiger partial charge in [0.15, 0.2) is 0 Å². The summed E-state index contributed by atoms with van der Waals surface area (Å²) in [4.78, 5) is 11.5. The van der Waals surface area contributed by atoms with Gasteiger partial charge in [-0.1, -0.05) is 36.2 Å². The van der Waals surface area contributed by atoms with Crippen LogP contribution < -0.4 is 10.1 Å². The number of hydrogen-bond donors (Lipinski definition) is 1. The van der Waals surface area contributed by atoms with E-state index in [1.165, 1.54) is 0 Å². The Bertz CT molecular complexity index is 365. The zero-order valence-electron chi connectivity index (χ0n) is 10.9. The predicted molar refractivity (Wildman–Crippen MR) is 78.5 cm³/mol. The maximum Gasteiger partial charge on any atom is 0.238 e. The van der Waals surface area contributed by atoms with Crippen LogP contribution >= 0.6 is 15.9 Å². The van der Waals surface area contributed by atoms with Crippen molar-refractivity contribution in [1.29, 1.82) is 0 Å². The van der Waals surface area contributed by atoms with E-state index in [2.05, 4.69) is 28.2 Å². The summed E-state index contributed by atoms with van der Waals surface area (Å²) in [6, 6.07) is 7.46. The van der Waals surface area contributed by atoms with Crippen molar-refractivity contribution < 1.29 is 9.53 Å². The van der Waals surface area contributed by atoms with Gasteiger partial charge in [-0.3, -0.25) is 4.79 Å². The quantitative estimate of drug-likeness (QED) is 0.611. The molecule has 0 aliphatic rings. The van der Waals surface area contributed by atoms with Gasteiger partial charge in [0.2, 0.25) is 5.91 Å². The van der Waals surface area contributed by atoms with Crippen molar-refractivity contribution in [3.8, 4) is 5.75 Å². The number of amides is 1. The fourth-order valence-electron chi connectivity index (χ4n) is 1.37. The number of unbranched alkanes of at least 4 members (excludes halogenated alkanes) is 1. The summed E-state index contributed by atoms with van der Waals surface area (Å²) >= 11 is 3.32. The number of nitrogens with one attached hydrogen (secondary N) is 1. The lowest BCUT2D eigenvalue weighted by Crippen LogP contribution is -2.21. The average molecular weight is 314 g/mol. The molecule has 0 heterocycles. The van der Waals surface area contributed by atoms with Crippen molar-refractivity contribution in [2.24, 2.45) is 0 Å². The fraction of sp³-hybridized carbons (Fsp3) is 0.500. The number of benzene rings is 1. The molecule has 1 N–H and O–H groups in total. The minimum absolute atomic E-state index is 0.0165. The Labute approximate surface area is 117 Å². The molecule has 0 radical (unpaired) electrons. The van der Waals surface area contributed by atoms with Gasteiger partial charge in [0.25, 0.3) is 0 Å². The molecule has 0 bridgehead atoms. The maximum atomic E-state index is 11.7. The summed E-state index contributed by atoms with van der Waals surface area (Å²) in [5.41, 5.74) is 0.792. The molecule has 1 aromatic rings. The number of halogens is 1. The van der Waals surface area contributed by atoms with Crippen LogP contribution in [0, 0.1) is 0 Å². The minimum Gasteiger partial charge on any atom is -0.494 e. The van der Waals surface area contributed by atoms with Crippen LogP contribution in [0.15, 0.2) is 24.3 Å². The summed E-state index contributed by atoms with van der Waals surface area (Å²) in [6.07, 6.45) is 2.95. The lowest BCUT2D eigenvalue weighted by Gasteiger charge is -2.10. The minimum atomic E-state index is -0.141. The number of carbonyl (C=O) groups excluding carboxylic acids is 1. The Morgan fingerprint density at radius 1 is 1.33 bits per heavy atom. The van der Waals surface area contributed by atoms with Gasteiger partial charge in [0, 0.05) is 5.69 Å². The second-order valence-electron chi connectivity index (χ2n) is 4.09. The van der Waals surface area contributed by atoms with Gasteiger partial charge in [-0.05, 0) is 37.1 Å². The maximum absolute atomic E-state index is 11.7. The Morgan fingerprint density at radius 3 is 2.56 bits per heavy atom. The first-order valence-corrected chi connectivity index (χ1v) is 7.26. The lowest BCUT2D eigenvalue weighted by molar-refractivity contribution is -0.115. The summed E-state index contributed by atoms with van der Waals surface area (Å²) in [5.74, 6) is 0.824. The fourth-order valence-corrected chi connectivity index (χ4v) is 1.49. The SMILES string of the molecule is CCCCOc1ccc(NC(=O)[C@H](Br)CC)cc1. The third-order valence-electron chi connectivity index (χ3n) is 2.53. The van der Waals surface area contributed by atoms with E-state index < -0.39 is 0 Å². The Morgan fingerprint density at radius 2 is 2.00 bits per heavy atom. The molecule has 0 spiro atoms. The second kappa shape index (κ2) is 8.14. The monoisotopic (exact) mass is 313 g/mol. The molecule has 1 atom stereocenters. The van der Waals surface area contributed by atoms with Crippen molar-refractivity contribution in [3.05, 3.63) is 24.3 Å². The van der Waals surface area contributed by atoms with Gasteiger partial charge in [-0.15, -0.1) is 0 Å². The number of hydrogen-bond acceptors (Lipinski definition) is 2. The molecular formula is C14H20BrNO2. The molecule has 0 saturated carbocycles. The van der Waals surface area contributed by atoms with E-state index in [-0.39, 0.29) is 10.7 Å². The molecule has 0 aromatic heterocycles. The molecule has 4 heteroatoms. The number of alkyl halides is 1. The first-order chi connectivity index (χ1) is 8.67. The van der Waals surface area contributed by atoms with Crippen LogP contribution in [0.2, 0.25) is 0 Å². The molecule has 0 unspecified atom stereocenters. The Balaban J connectivity index is 2.47. The highest BCUT2D eigenvalue weighted by Gasteiger charge is 2.11. The van der Waals surface area contributed by atoms with Crippen LogP contribution in [-0.4, -0.2) is 17.3 Å². The van der Waals surface area contributed by atoms with Crippen LogP contribution in [0.3, 0.4) is 0 Å². The van der Waals surface area contributed by atoms with E-state index in [4.69, 9.17) is 4.74 Å². The van der Waals surface area contributed by atoms with Crippen molar-refractivity contribution in [1.82, 2.24) is 0 Å². The largest absolute Gasteiger partial charge is 0.494 e. The van der Waals surface area contributed by atoms with Gasteiger partial charge in [0.05, 0.1) is 11.4 Å². The summed E-state index contributed by atoms with van der Waals surface area (Å²) in [5, 5.41) is 2.85. The van der Waals surface area contributed by atoms with E-state index in [9.17, 15) is 4.79 Å². The van der Waals surface area contributed by atoms with E-state index in [1.54, 1.807) is 0 Å². The van der Waals surface area contributed by atoms with Gasteiger partial charge in [-0.25, -0.2) is 0 Å². The van der Waals surface area contributed by atoms with Crippen LogP contribution in [0.25, 0.3) is 0 Å². The number of carbonyl (C=O) groups is 1. The zero-order chi connectivity index (χ0) is 13.4. The molecule has 0 aliphatic heterocycles. The summed E-state index contributed by atoms with van der Waals surface area (Å²) in [6.45, 7) is 4.83. The smallest absolute Gasteiger partial charge is 0.238 e. The van der Waals surface area contributed by atoms with Crippen LogP contribution in [-0.2, 0) is 4.79 Å². The first-order valence-electron chi connectivity index (χ1n) is 6.35. The summed E-state index contributed by atoms with van der Waals surface area (Å²) in [7, 11) is 0. The first kappa shape index (κ1) is 15.0. The van der Waals surface area contributed by atoms with Gasteiger partial charge in [0.1, 0.15) is 5.75 Å². The molecule has 0 fully saturated rings. The van der Waals surface area contributed by atoms with Crippen molar-refractivity contribution in [2.45, 2.75) is 37.9 Å². The Hall–Kier alpha value is -1.03. The standard InChI is InChI=1S/C14H20BrNO2/c1-3-5-10-18-12-8-6-11(7-9-12)16-14(17)13(15)4-2/h6-9,13H,3-5,10H2,1-2H3,(H,16,17)/t13-/m1/s1. The Kier molecular flexibility index (Phi) is 6.80. The average Bonchev–Trinajstić information content (AvgIpc) is 2.40. The zero-order valence-corrected chi connectivity index (χ0v) is 12.5. The van der Waals surface area contributed by atoms with Gasteiger partial charge < -0.3 is 10.1 Å². The van der Waals surface area contributed by atoms with Crippen LogP contribution in [0.4, 0.5) is 5.69 Å². The molecule has 1 amide bonds. The van der Waals surface area contributed by atoms with Crippen LogP contribution in [0.1, 0.15) is 33.1 Å². The molecule has 18 heavy (non-hydrogen) atoms. The highest BCUT2D eigenvalue weighted by atomic mass is 79.9. The third-order valence-corrected chi connectivity index (χ3v) is 3.59. The molecule has 3 nitrogen and oxygen atoms in total. The van der Waals surface area contributed by atoms with Crippen molar-refractivity contribution in [2.75, 3.05) is 11.9 Å². The molecular weight excluding hydrogens is 294 g/mol. The van der Waals surface area contributed by atoms with Crippen molar-refractivity contribution >= 4 is 27.5 Å². The molecule has 100 valence electrons. The normalized spacial score (nSPS) is 11.9. The predicted octanol–water partition coefficient (Wildman–Crippen LogP) is 3.98. The van der Waals surface area contributed by atoms with Crippen molar-refractivity contribution in [3.63, 3.8) is 0 Å². The topological polar surface area (TPSA) is 38.3 Å². The van der Waals surface area contributed by atoms with E-state index in [0.29, 0.717) is 0 Å². The molecule has 1 aromatic carbocycles. The van der Waals surface area contributed by atoms with E-state index in [0.717, 1.165) is 37.3 Å². The molecule has 1 rings (SSSR count). The van der Waals surface area contributed by atoms with E-state index >= 15 is 0 Å². The molecule has 0 saturated heterocycles. The van der Waals surface area contributed by atoms with Gasteiger partial charge >= 0.3 is 0 Å². The summed E-state index contributed by atoms with van der Waals surface area (Å²) < 4.78 is 5.55. The van der Waals surface area contributed by atoms with Gasteiger partial charge in [-0.2, -0.15) is 0 Å². The lowest BCUT2D eigenvalue weighted by atomic mass is 10.2. The third kappa shape index (κ3) is 5.08.